The smallest absolute Gasteiger partial charge is 0.334 e. The van der Waals surface area contributed by atoms with Crippen LogP contribution in [-0.2, 0) is 19.1 Å². The van der Waals surface area contributed by atoms with Gasteiger partial charge in [0.2, 0.25) is 0 Å². The molecule has 2 unspecified atom stereocenters. The topological polar surface area (TPSA) is 93.1 Å². The molecule has 0 amide bonds. The van der Waals surface area contributed by atoms with E-state index < -0.39 is 24.1 Å². The molecule has 0 radical (unpaired) electrons. The molecule has 154 valence electrons. The van der Waals surface area contributed by atoms with E-state index in [2.05, 4.69) is 6.92 Å². The normalized spacial score (nSPS) is 13.2. The maximum absolute atomic E-state index is 11.6. The molecule has 0 aromatic rings. The van der Waals surface area contributed by atoms with Crippen LogP contribution < -0.4 is 0 Å². The van der Waals surface area contributed by atoms with Gasteiger partial charge in [0.25, 0.3) is 0 Å². The van der Waals surface area contributed by atoms with Gasteiger partial charge in [0, 0.05) is 6.42 Å². The second kappa shape index (κ2) is 17.3. The summed E-state index contributed by atoms with van der Waals surface area (Å²) in [4.78, 5) is 22.6. The second-order valence-electron chi connectivity index (χ2n) is 6.85. The van der Waals surface area contributed by atoms with Crippen LogP contribution in [0, 0.1) is 0 Å². The lowest BCUT2D eigenvalue weighted by atomic mass is 10.0. The van der Waals surface area contributed by atoms with Gasteiger partial charge >= 0.3 is 11.9 Å². The number of hydrogen-bond acceptors (Lipinski definition) is 6. The molecule has 0 heterocycles. The SMILES string of the molecule is CCCCCCCCCCCCC(O)C(=O)OCCCOC(=O)C(C)O. The van der Waals surface area contributed by atoms with Gasteiger partial charge in [-0.25, -0.2) is 9.59 Å². The molecule has 0 saturated carbocycles. The van der Waals surface area contributed by atoms with Crippen molar-refractivity contribution >= 4 is 11.9 Å². The molecule has 0 saturated heterocycles. The lowest BCUT2D eigenvalue weighted by molar-refractivity contribution is -0.156. The van der Waals surface area contributed by atoms with Crippen LogP contribution in [0.4, 0.5) is 0 Å². The lowest BCUT2D eigenvalue weighted by Gasteiger charge is -2.11. The zero-order valence-corrected chi connectivity index (χ0v) is 16.6. The molecule has 6 heteroatoms. The van der Waals surface area contributed by atoms with E-state index in [1.54, 1.807) is 0 Å². The van der Waals surface area contributed by atoms with Crippen LogP contribution in [0.25, 0.3) is 0 Å². The van der Waals surface area contributed by atoms with Crippen molar-refractivity contribution in [2.45, 2.75) is 103 Å². The number of aliphatic hydroxyl groups excluding tert-OH is 2. The number of esters is 2. The van der Waals surface area contributed by atoms with Gasteiger partial charge in [-0.3, -0.25) is 0 Å². The van der Waals surface area contributed by atoms with Crippen molar-refractivity contribution in [2.75, 3.05) is 13.2 Å². The highest BCUT2D eigenvalue weighted by atomic mass is 16.6. The highest BCUT2D eigenvalue weighted by Crippen LogP contribution is 2.12. The first-order valence-corrected chi connectivity index (χ1v) is 10.2. The molecule has 0 aromatic carbocycles. The van der Waals surface area contributed by atoms with E-state index in [1.165, 1.54) is 51.9 Å². The van der Waals surface area contributed by atoms with Gasteiger partial charge in [0.05, 0.1) is 13.2 Å². The molecular weight excluding hydrogens is 336 g/mol. The van der Waals surface area contributed by atoms with Gasteiger partial charge in [0.15, 0.2) is 6.10 Å². The van der Waals surface area contributed by atoms with E-state index in [4.69, 9.17) is 14.6 Å². The van der Waals surface area contributed by atoms with E-state index >= 15 is 0 Å². The van der Waals surface area contributed by atoms with Crippen LogP contribution in [0.15, 0.2) is 0 Å². The maximum Gasteiger partial charge on any atom is 0.334 e. The average molecular weight is 375 g/mol. The van der Waals surface area contributed by atoms with Gasteiger partial charge < -0.3 is 19.7 Å². The molecule has 0 spiro atoms. The Labute approximate surface area is 158 Å². The minimum absolute atomic E-state index is 0.0750. The van der Waals surface area contributed by atoms with Crippen molar-refractivity contribution < 1.29 is 29.3 Å². The first-order chi connectivity index (χ1) is 12.5. The highest BCUT2D eigenvalue weighted by Gasteiger charge is 2.16. The Balaban J connectivity index is 3.44. The Hall–Kier alpha value is -1.14. The van der Waals surface area contributed by atoms with E-state index in [0.717, 1.165) is 19.3 Å². The first kappa shape index (κ1) is 24.9. The van der Waals surface area contributed by atoms with E-state index in [-0.39, 0.29) is 13.2 Å². The molecule has 2 N–H and O–H groups in total. The van der Waals surface area contributed by atoms with E-state index in [1.807, 2.05) is 0 Å². The lowest BCUT2D eigenvalue weighted by Crippen LogP contribution is -2.24. The standard InChI is InChI=1S/C20H38O6/c1-3-4-5-6-7-8-9-10-11-12-14-18(22)20(24)26-16-13-15-25-19(23)17(2)21/h17-18,21-22H,3-16H2,1-2H3. The Kier molecular flexibility index (Phi) is 16.5. The summed E-state index contributed by atoms with van der Waals surface area (Å²) in [6, 6.07) is 0. The molecule has 2 atom stereocenters. The third-order valence-corrected chi connectivity index (χ3v) is 4.22. The van der Waals surface area contributed by atoms with E-state index in [0.29, 0.717) is 12.8 Å². The fraction of sp³-hybridized carbons (Fsp3) is 0.900. The van der Waals surface area contributed by atoms with Crippen LogP contribution in [-0.4, -0.2) is 47.6 Å². The molecule has 0 fully saturated rings. The quantitative estimate of drug-likeness (QED) is 0.299. The minimum Gasteiger partial charge on any atom is -0.464 e. The Morgan fingerprint density at radius 1 is 0.731 bits per heavy atom. The van der Waals surface area contributed by atoms with E-state index in [9.17, 15) is 14.7 Å². The van der Waals surface area contributed by atoms with Crippen molar-refractivity contribution in [2.24, 2.45) is 0 Å². The maximum atomic E-state index is 11.6. The second-order valence-corrected chi connectivity index (χ2v) is 6.85. The number of carbonyl (C=O) groups excluding carboxylic acids is 2. The Bertz CT molecular complexity index is 356. The van der Waals surface area contributed by atoms with Crippen LogP contribution >= 0.6 is 0 Å². The Morgan fingerprint density at radius 2 is 1.19 bits per heavy atom. The molecule has 0 aliphatic heterocycles. The van der Waals surface area contributed by atoms with Crippen LogP contribution in [0.2, 0.25) is 0 Å². The van der Waals surface area contributed by atoms with Crippen LogP contribution in [0.1, 0.15) is 90.9 Å². The molecule has 0 aliphatic carbocycles. The highest BCUT2D eigenvalue weighted by molar-refractivity contribution is 5.74. The molecule has 0 rings (SSSR count). The number of unbranched alkanes of at least 4 members (excludes halogenated alkanes) is 9. The predicted molar refractivity (Wildman–Crippen MR) is 101 cm³/mol. The summed E-state index contributed by atoms with van der Waals surface area (Å²) >= 11 is 0. The van der Waals surface area contributed by atoms with Crippen molar-refractivity contribution in [3.05, 3.63) is 0 Å². The third-order valence-electron chi connectivity index (χ3n) is 4.22. The van der Waals surface area contributed by atoms with Gasteiger partial charge in [-0.2, -0.15) is 0 Å². The summed E-state index contributed by atoms with van der Waals surface area (Å²) < 4.78 is 9.69. The molecule has 0 bridgehead atoms. The van der Waals surface area contributed by atoms with Crippen LogP contribution in [0.5, 0.6) is 0 Å². The van der Waals surface area contributed by atoms with Gasteiger partial charge in [-0.05, 0) is 13.3 Å². The zero-order valence-electron chi connectivity index (χ0n) is 16.6. The summed E-state index contributed by atoms with van der Waals surface area (Å²) in [6.45, 7) is 3.71. The fourth-order valence-electron chi connectivity index (χ4n) is 2.56. The van der Waals surface area contributed by atoms with Gasteiger partial charge in [-0.1, -0.05) is 71.1 Å². The summed E-state index contributed by atoms with van der Waals surface area (Å²) in [5, 5.41) is 18.7. The monoisotopic (exact) mass is 374 g/mol. The van der Waals surface area contributed by atoms with Crippen molar-refractivity contribution in [1.82, 2.24) is 0 Å². The van der Waals surface area contributed by atoms with Crippen molar-refractivity contribution in [3.8, 4) is 0 Å². The fourth-order valence-corrected chi connectivity index (χ4v) is 2.56. The molecule has 26 heavy (non-hydrogen) atoms. The van der Waals surface area contributed by atoms with Crippen molar-refractivity contribution in [1.29, 1.82) is 0 Å². The first-order valence-electron chi connectivity index (χ1n) is 10.2. The predicted octanol–water partition coefficient (Wildman–Crippen LogP) is 3.52. The summed E-state index contributed by atoms with van der Waals surface area (Å²) in [6.07, 6.45) is 10.6. The number of ether oxygens (including phenoxy) is 2. The summed E-state index contributed by atoms with van der Waals surface area (Å²) in [7, 11) is 0. The van der Waals surface area contributed by atoms with Crippen molar-refractivity contribution in [3.63, 3.8) is 0 Å². The van der Waals surface area contributed by atoms with Gasteiger partial charge in [0.1, 0.15) is 6.10 Å². The summed E-state index contributed by atoms with van der Waals surface area (Å²) in [5.74, 6) is -1.32. The number of aliphatic hydroxyl groups is 2. The third kappa shape index (κ3) is 15.1. The molecule has 0 aromatic heterocycles. The van der Waals surface area contributed by atoms with Gasteiger partial charge in [-0.15, -0.1) is 0 Å². The number of hydrogen-bond donors (Lipinski definition) is 2. The minimum atomic E-state index is -1.15. The molecule has 0 aliphatic rings. The summed E-state index contributed by atoms with van der Waals surface area (Å²) in [5.41, 5.74) is 0. The number of carbonyl (C=O) groups is 2. The number of rotatable bonds is 17. The molecular formula is C20H38O6. The largest absolute Gasteiger partial charge is 0.464 e. The van der Waals surface area contributed by atoms with Crippen LogP contribution in [0.3, 0.4) is 0 Å². The molecule has 6 nitrogen and oxygen atoms in total. The Morgan fingerprint density at radius 3 is 1.69 bits per heavy atom. The average Bonchev–Trinajstić information content (AvgIpc) is 2.62. The zero-order chi connectivity index (χ0) is 19.6.